The number of hydrogen-bond acceptors (Lipinski definition) is 4. The van der Waals surface area contributed by atoms with Crippen molar-refractivity contribution in [2.45, 2.75) is 31.9 Å². The molecule has 0 saturated carbocycles. The molecule has 1 aromatic rings. The summed E-state index contributed by atoms with van der Waals surface area (Å²) in [5.74, 6) is 0.815. The summed E-state index contributed by atoms with van der Waals surface area (Å²) in [6, 6.07) is 10.2. The highest BCUT2D eigenvalue weighted by atomic mass is 16.5. The van der Waals surface area contributed by atoms with E-state index < -0.39 is 6.10 Å². The molecule has 2 rings (SSSR count). The van der Waals surface area contributed by atoms with Crippen molar-refractivity contribution >= 4 is 0 Å². The van der Waals surface area contributed by atoms with Gasteiger partial charge in [0.15, 0.2) is 0 Å². The molecule has 1 unspecified atom stereocenters. The van der Waals surface area contributed by atoms with E-state index in [1.165, 1.54) is 25.9 Å². The average Bonchev–Trinajstić information content (AvgIpc) is 2.54. The Morgan fingerprint density at radius 3 is 2.57 bits per heavy atom. The van der Waals surface area contributed by atoms with E-state index in [1.54, 1.807) is 0 Å². The lowest BCUT2D eigenvalue weighted by Crippen LogP contribution is -2.46. The predicted molar refractivity (Wildman–Crippen MR) is 85.7 cm³/mol. The maximum absolute atomic E-state index is 10.1. The van der Waals surface area contributed by atoms with Crippen molar-refractivity contribution in [3.8, 4) is 5.75 Å². The highest BCUT2D eigenvalue weighted by molar-refractivity contribution is 5.20. The largest absolute Gasteiger partial charge is 0.491 e. The van der Waals surface area contributed by atoms with Crippen molar-refractivity contribution in [2.75, 3.05) is 39.8 Å². The van der Waals surface area contributed by atoms with Gasteiger partial charge in [-0.25, -0.2) is 0 Å². The van der Waals surface area contributed by atoms with Gasteiger partial charge < -0.3 is 19.6 Å². The van der Waals surface area contributed by atoms with Crippen LogP contribution in [0.1, 0.15) is 19.8 Å². The zero-order chi connectivity index (χ0) is 15.1. The van der Waals surface area contributed by atoms with E-state index in [1.807, 2.05) is 30.3 Å². The molecular formula is C17H28N2O2. The lowest BCUT2D eigenvalue weighted by Gasteiger charge is -2.37. The SMILES string of the molecule is CCN1CCC(N(C)CC(O)COc2ccccc2)CC1. The number of rotatable bonds is 7. The number of benzene rings is 1. The Kier molecular flexibility index (Phi) is 6.49. The van der Waals surface area contributed by atoms with Crippen LogP contribution in [-0.4, -0.2) is 66.9 Å². The van der Waals surface area contributed by atoms with Crippen LogP contribution in [0.2, 0.25) is 0 Å². The Bertz CT molecular complexity index is 391. The Morgan fingerprint density at radius 2 is 1.95 bits per heavy atom. The second-order valence-corrected chi connectivity index (χ2v) is 5.88. The van der Waals surface area contributed by atoms with Crippen LogP contribution in [0.3, 0.4) is 0 Å². The Balaban J connectivity index is 1.68. The predicted octanol–water partition coefficient (Wildman–Crippen LogP) is 1.84. The number of para-hydroxylation sites is 1. The molecule has 1 fully saturated rings. The Labute approximate surface area is 128 Å². The molecule has 4 nitrogen and oxygen atoms in total. The first-order valence-corrected chi connectivity index (χ1v) is 7.97. The van der Waals surface area contributed by atoms with Gasteiger partial charge in [0.05, 0.1) is 0 Å². The van der Waals surface area contributed by atoms with Crippen LogP contribution in [0.4, 0.5) is 0 Å². The van der Waals surface area contributed by atoms with Gasteiger partial charge in [-0.2, -0.15) is 0 Å². The maximum atomic E-state index is 10.1. The van der Waals surface area contributed by atoms with Gasteiger partial charge in [-0.05, 0) is 51.7 Å². The third-order valence-electron chi connectivity index (χ3n) is 4.31. The van der Waals surface area contributed by atoms with E-state index in [0.29, 0.717) is 19.2 Å². The summed E-state index contributed by atoms with van der Waals surface area (Å²) in [6.45, 7) is 6.72. The summed E-state index contributed by atoms with van der Waals surface area (Å²) in [5.41, 5.74) is 0. The minimum absolute atomic E-state index is 0.349. The number of aliphatic hydroxyl groups is 1. The molecule has 0 bridgehead atoms. The average molecular weight is 292 g/mol. The molecule has 0 radical (unpaired) electrons. The fourth-order valence-electron chi connectivity index (χ4n) is 2.92. The number of aliphatic hydroxyl groups excluding tert-OH is 1. The normalized spacial score (nSPS) is 18.9. The molecule has 0 aliphatic carbocycles. The van der Waals surface area contributed by atoms with E-state index in [2.05, 4.69) is 23.8 Å². The molecule has 118 valence electrons. The molecule has 0 amide bonds. The second kappa shape index (κ2) is 8.37. The van der Waals surface area contributed by atoms with Gasteiger partial charge in [0.2, 0.25) is 0 Å². The number of likely N-dealkylation sites (tertiary alicyclic amines) is 1. The van der Waals surface area contributed by atoms with Crippen LogP contribution in [-0.2, 0) is 0 Å². The first kappa shape index (κ1) is 16.3. The molecule has 21 heavy (non-hydrogen) atoms. The maximum Gasteiger partial charge on any atom is 0.119 e. The van der Waals surface area contributed by atoms with E-state index in [9.17, 15) is 5.11 Å². The van der Waals surface area contributed by atoms with Gasteiger partial charge >= 0.3 is 0 Å². The van der Waals surface area contributed by atoms with Crippen LogP contribution >= 0.6 is 0 Å². The van der Waals surface area contributed by atoms with E-state index in [0.717, 1.165) is 12.3 Å². The zero-order valence-corrected chi connectivity index (χ0v) is 13.2. The van der Waals surface area contributed by atoms with Crippen molar-refractivity contribution in [3.63, 3.8) is 0 Å². The molecule has 1 aromatic carbocycles. The van der Waals surface area contributed by atoms with Gasteiger partial charge in [0, 0.05) is 12.6 Å². The molecule has 0 aromatic heterocycles. The van der Waals surface area contributed by atoms with Gasteiger partial charge in [0.1, 0.15) is 18.5 Å². The summed E-state index contributed by atoms with van der Waals surface area (Å²) in [7, 11) is 2.11. The van der Waals surface area contributed by atoms with Gasteiger partial charge in [-0.15, -0.1) is 0 Å². The fourth-order valence-corrected chi connectivity index (χ4v) is 2.92. The molecule has 1 aliphatic heterocycles. The van der Waals surface area contributed by atoms with Crippen LogP contribution in [0.25, 0.3) is 0 Å². The van der Waals surface area contributed by atoms with Crippen molar-refractivity contribution in [3.05, 3.63) is 30.3 Å². The zero-order valence-electron chi connectivity index (χ0n) is 13.2. The summed E-state index contributed by atoms with van der Waals surface area (Å²) < 4.78 is 5.61. The molecule has 4 heteroatoms. The summed E-state index contributed by atoms with van der Waals surface area (Å²) >= 11 is 0. The second-order valence-electron chi connectivity index (χ2n) is 5.88. The molecule has 1 aliphatic rings. The molecule has 1 saturated heterocycles. The minimum Gasteiger partial charge on any atom is -0.491 e. The topological polar surface area (TPSA) is 35.9 Å². The van der Waals surface area contributed by atoms with Crippen LogP contribution in [0.15, 0.2) is 30.3 Å². The van der Waals surface area contributed by atoms with Gasteiger partial charge in [0.25, 0.3) is 0 Å². The van der Waals surface area contributed by atoms with Crippen LogP contribution in [0, 0.1) is 0 Å². The molecule has 1 N–H and O–H groups in total. The van der Waals surface area contributed by atoms with E-state index in [4.69, 9.17) is 4.74 Å². The summed E-state index contributed by atoms with van der Waals surface area (Å²) in [5, 5.41) is 10.1. The van der Waals surface area contributed by atoms with Crippen molar-refractivity contribution in [2.24, 2.45) is 0 Å². The van der Waals surface area contributed by atoms with Crippen molar-refractivity contribution in [1.29, 1.82) is 0 Å². The van der Waals surface area contributed by atoms with Crippen molar-refractivity contribution < 1.29 is 9.84 Å². The number of nitrogens with zero attached hydrogens (tertiary/aromatic N) is 2. The third-order valence-corrected chi connectivity index (χ3v) is 4.31. The van der Waals surface area contributed by atoms with E-state index in [-0.39, 0.29) is 0 Å². The summed E-state index contributed by atoms with van der Waals surface area (Å²) in [6.07, 6.45) is 1.94. The highest BCUT2D eigenvalue weighted by Crippen LogP contribution is 2.15. The number of hydrogen-bond donors (Lipinski definition) is 1. The lowest BCUT2D eigenvalue weighted by atomic mass is 10.0. The third kappa shape index (κ3) is 5.30. The fraction of sp³-hybridized carbons (Fsp3) is 0.647. The number of likely N-dealkylation sites (N-methyl/N-ethyl adjacent to an activating group) is 1. The highest BCUT2D eigenvalue weighted by Gasteiger charge is 2.23. The standard InChI is InChI=1S/C17H28N2O2/c1-3-19-11-9-15(10-12-19)18(2)13-16(20)14-21-17-7-5-4-6-8-17/h4-8,15-16,20H,3,9-14H2,1-2H3. The molecular weight excluding hydrogens is 264 g/mol. The van der Waals surface area contributed by atoms with Gasteiger partial charge in [-0.3, -0.25) is 0 Å². The number of piperidine rings is 1. The first-order valence-electron chi connectivity index (χ1n) is 7.97. The molecule has 0 spiro atoms. The van der Waals surface area contributed by atoms with Crippen LogP contribution < -0.4 is 4.74 Å². The minimum atomic E-state index is -0.445. The Morgan fingerprint density at radius 1 is 1.29 bits per heavy atom. The molecule has 1 heterocycles. The van der Waals surface area contributed by atoms with Gasteiger partial charge in [-0.1, -0.05) is 25.1 Å². The van der Waals surface area contributed by atoms with Crippen molar-refractivity contribution in [1.82, 2.24) is 9.80 Å². The number of ether oxygens (including phenoxy) is 1. The smallest absolute Gasteiger partial charge is 0.119 e. The monoisotopic (exact) mass is 292 g/mol. The first-order chi connectivity index (χ1) is 10.2. The van der Waals surface area contributed by atoms with Crippen LogP contribution in [0.5, 0.6) is 5.75 Å². The quantitative estimate of drug-likeness (QED) is 0.832. The van der Waals surface area contributed by atoms with E-state index >= 15 is 0 Å². The summed E-state index contributed by atoms with van der Waals surface area (Å²) in [4.78, 5) is 4.77. The lowest BCUT2D eigenvalue weighted by molar-refractivity contribution is 0.0478. The molecule has 1 atom stereocenters. The Hall–Kier alpha value is -1.10.